The molecule has 28 heavy (non-hydrogen) atoms. The summed E-state index contributed by atoms with van der Waals surface area (Å²) < 4.78 is 16.3. The third-order valence-electron chi connectivity index (χ3n) is 4.53. The van der Waals surface area contributed by atoms with Crippen LogP contribution in [0.4, 0.5) is 4.79 Å². The molecule has 2 heterocycles. The highest BCUT2D eigenvalue weighted by atomic mass is 16.6. The average molecular weight is 386 g/mol. The number of fused-ring (bicyclic) bond motifs is 1. The lowest BCUT2D eigenvalue weighted by molar-refractivity contribution is 0.0155. The summed E-state index contributed by atoms with van der Waals surface area (Å²) >= 11 is 0. The zero-order valence-corrected chi connectivity index (χ0v) is 16.8. The van der Waals surface area contributed by atoms with Crippen LogP contribution in [0.5, 0.6) is 11.5 Å². The normalized spacial score (nSPS) is 16.7. The van der Waals surface area contributed by atoms with Crippen LogP contribution in [-0.2, 0) is 4.74 Å². The van der Waals surface area contributed by atoms with Gasteiger partial charge in [-0.05, 0) is 32.9 Å². The van der Waals surface area contributed by atoms with E-state index in [9.17, 15) is 9.59 Å². The minimum absolute atomic E-state index is 0.0426. The first kappa shape index (κ1) is 20.0. The lowest BCUT2D eigenvalue weighted by Crippen LogP contribution is -2.50. The predicted molar refractivity (Wildman–Crippen MR) is 104 cm³/mol. The van der Waals surface area contributed by atoms with E-state index in [0.717, 1.165) is 13.1 Å². The topological polar surface area (TPSA) is 68.3 Å². The summed E-state index contributed by atoms with van der Waals surface area (Å²) in [5.41, 5.74) is 0.673. The van der Waals surface area contributed by atoms with Gasteiger partial charge in [0.1, 0.15) is 22.7 Å². The van der Waals surface area contributed by atoms with Crippen molar-refractivity contribution < 1.29 is 23.8 Å². The van der Waals surface area contributed by atoms with Gasteiger partial charge < -0.3 is 19.1 Å². The van der Waals surface area contributed by atoms with Crippen molar-refractivity contribution in [2.75, 3.05) is 46.4 Å². The Morgan fingerprint density at radius 3 is 2.57 bits per heavy atom. The molecule has 7 nitrogen and oxygen atoms in total. The van der Waals surface area contributed by atoms with Crippen LogP contribution >= 0.6 is 0 Å². The fourth-order valence-electron chi connectivity index (χ4n) is 3.09. The van der Waals surface area contributed by atoms with E-state index in [1.165, 1.54) is 0 Å². The van der Waals surface area contributed by atoms with Gasteiger partial charge in [0.15, 0.2) is 6.61 Å². The van der Waals surface area contributed by atoms with E-state index in [1.807, 2.05) is 20.8 Å². The van der Waals surface area contributed by atoms with E-state index in [4.69, 9.17) is 14.2 Å². The summed E-state index contributed by atoms with van der Waals surface area (Å²) in [6, 6.07) is 3.46. The molecule has 2 aliphatic rings. The number of hydrogen-bond acceptors (Lipinski definition) is 6. The lowest BCUT2D eigenvalue weighted by Gasteiger charge is -2.34. The molecule has 150 valence electrons. The minimum Gasteiger partial charge on any atom is -0.495 e. The van der Waals surface area contributed by atoms with Crippen molar-refractivity contribution in [2.45, 2.75) is 26.4 Å². The van der Waals surface area contributed by atoms with Gasteiger partial charge in [-0.3, -0.25) is 9.69 Å². The van der Waals surface area contributed by atoms with E-state index >= 15 is 0 Å². The molecule has 7 heteroatoms. The Kier molecular flexibility index (Phi) is 5.80. The summed E-state index contributed by atoms with van der Waals surface area (Å²) in [7, 11) is 1.57. The van der Waals surface area contributed by atoms with Crippen molar-refractivity contribution in [1.82, 2.24) is 9.80 Å². The summed E-state index contributed by atoms with van der Waals surface area (Å²) in [5, 5.41) is 0. The van der Waals surface area contributed by atoms with Crippen LogP contribution in [0.25, 0.3) is 0 Å². The number of methoxy groups -OCH3 is 1. The molecule has 0 radical (unpaired) electrons. The van der Waals surface area contributed by atoms with Gasteiger partial charge in [0, 0.05) is 26.2 Å². The quantitative estimate of drug-likeness (QED) is 0.726. The molecule has 2 aliphatic heterocycles. The van der Waals surface area contributed by atoms with Crippen molar-refractivity contribution in [3.8, 4) is 23.3 Å². The number of ether oxygens (including phenoxy) is 3. The Morgan fingerprint density at radius 2 is 1.93 bits per heavy atom. The predicted octanol–water partition coefficient (Wildman–Crippen LogP) is 2.17. The Bertz CT molecular complexity index is 824. The van der Waals surface area contributed by atoms with Gasteiger partial charge in [0.05, 0.1) is 19.2 Å². The van der Waals surface area contributed by atoms with E-state index in [0.29, 0.717) is 42.3 Å². The van der Waals surface area contributed by atoms with Gasteiger partial charge in [-0.2, -0.15) is 0 Å². The second-order valence-corrected chi connectivity index (χ2v) is 7.78. The number of carbonyl (C=O) groups excluding carboxylic acids is 2. The number of nitrogens with zero attached hydrogens (tertiary/aromatic N) is 2. The lowest BCUT2D eigenvalue weighted by atomic mass is 10.1. The number of piperazine rings is 1. The second kappa shape index (κ2) is 8.11. The van der Waals surface area contributed by atoms with Crippen molar-refractivity contribution in [1.29, 1.82) is 0 Å². The zero-order valence-electron chi connectivity index (χ0n) is 16.8. The minimum atomic E-state index is -0.488. The Morgan fingerprint density at radius 1 is 1.21 bits per heavy atom. The zero-order chi connectivity index (χ0) is 20.3. The number of rotatable bonds is 2. The molecular formula is C21H26N2O5. The molecule has 0 bridgehead atoms. The Hall–Kier alpha value is -2.72. The molecular weight excluding hydrogens is 360 g/mol. The molecule has 1 amide bonds. The highest BCUT2D eigenvalue weighted by Crippen LogP contribution is 2.35. The maximum Gasteiger partial charge on any atom is 0.410 e. The Balaban J connectivity index is 1.60. The fourth-order valence-corrected chi connectivity index (χ4v) is 3.09. The number of Topliss-reactive ketones (excluding diaryl/α,β-unsaturated/α-hetero) is 1. The van der Waals surface area contributed by atoms with Crippen molar-refractivity contribution in [2.24, 2.45) is 0 Å². The first-order valence-electron chi connectivity index (χ1n) is 9.34. The van der Waals surface area contributed by atoms with Crippen LogP contribution in [0, 0.1) is 11.8 Å². The van der Waals surface area contributed by atoms with Gasteiger partial charge >= 0.3 is 6.09 Å². The molecule has 0 spiro atoms. The summed E-state index contributed by atoms with van der Waals surface area (Å²) in [4.78, 5) is 27.9. The van der Waals surface area contributed by atoms with E-state index in [2.05, 4.69) is 16.7 Å². The number of hydrogen-bond donors (Lipinski definition) is 0. The van der Waals surface area contributed by atoms with Crippen molar-refractivity contribution in [3.63, 3.8) is 0 Å². The molecule has 1 fully saturated rings. The molecule has 0 aromatic heterocycles. The van der Waals surface area contributed by atoms with E-state index in [-0.39, 0.29) is 18.5 Å². The number of ketones is 1. The molecule has 0 aliphatic carbocycles. The highest BCUT2D eigenvalue weighted by Gasteiger charge is 2.27. The summed E-state index contributed by atoms with van der Waals surface area (Å²) in [6.45, 7) is 8.87. The Labute approximate surface area is 165 Å². The largest absolute Gasteiger partial charge is 0.495 e. The number of amides is 1. The van der Waals surface area contributed by atoms with E-state index < -0.39 is 5.60 Å². The van der Waals surface area contributed by atoms with Crippen LogP contribution in [0.15, 0.2) is 12.1 Å². The van der Waals surface area contributed by atoms with Crippen LogP contribution in [0.2, 0.25) is 0 Å². The molecule has 0 N–H and O–H groups in total. The molecule has 0 unspecified atom stereocenters. The van der Waals surface area contributed by atoms with Gasteiger partial charge in [-0.15, -0.1) is 0 Å². The van der Waals surface area contributed by atoms with Gasteiger partial charge in [-0.1, -0.05) is 11.8 Å². The second-order valence-electron chi connectivity index (χ2n) is 7.78. The third-order valence-corrected chi connectivity index (χ3v) is 4.53. The summed E-state index contributed by atoms with van der Waals surface area (Å²) in [6.07, 6.45) is -0.273. The molecule has 1 aromatic rings. The molecule has 1 saturated heterocycles. The standard InChI is InChI=1S/C21H26N2O5/c1-21(2,3)28-20(25)23-12-10-22(11-13-23)9-5-6-16-18(26-4)8-7-15-17(24)14-27-19(15)16/h7-8H,9-14H2,1-4H3. The van der Waals surface area contributed by atoms with Crippen LogP contribution in [0.3, 0.4) is 0 Å². The average Bonchev–Trinajstić information content (AvgIpc) is 3.02. The van der Waals surface area contributed by atoms with E-state index in [1.54, 1.807) is 24.1 Å². The van der Waals surface area contributed by atoms with Crippen LogP contribution in [-0.4, -0.2) is 73.7 Å². The smallest absolute Gasteiger partial charge is 0.410 e. The fraction of sp³-hybridized carbons (Fsp3) is 0.524. The molecule has 1 aromatic carbocycles. The number of benzene rings is 1. The first-order valence-corrected chi connectivity index (χ1v) is 9.34. The van der Waals surface area contributed by atoms with Gasteiger partial charge in [0.25, 0.3) is 0 Å². The van der Waals surface area contributed by atoms with Crippen LogP contribution < -0.4 is 9.47 Å². The third kappa shape index (κ3) is 4.57. The SMILES string of the molecule is COc1ccc2c(c1C#CCN1CCN(C(=O)OC(C)(C)C)CC1)OCC2=O. The monoisotopic (exact) mass is 386 g/mol. The van der Waals surface area contributed by atoms with Gasteiger partial charge in [-0.25, -0.2) is 4.79 Å². The van der Waals surface area contributed by atoms with Gasteiger partial charge in [0.2, 0.25) is 5.78 Å². The molecule has 0 saturated carbocycles. The maximum atomic E-state index is 12.1. The molecule has 3 rings (SSSR count). The first-order chi connectivity index (χ1) is 13.3. The van der Waals surface area contributed by atoms with Crippen molar-refractivity contribution in [3.05, 3.63) is 23.3 Å². The van der Waals surface area contributed by atoms with Crippen molar-refractivity contribution >= 4 is 11.9 Å². The highest BCUT2D eigenvalue weighted by molar-refractivity contribution is 6.03. The number of carbonyl (C=O) groups is 2. The van der Waals surface area contributed by atoms with Crippen LogP contribution in [0.1, 0.15) is 36.7 Å². The maximum absolute atomic E-state index is 12.1. The molecule has 0 atom stereocenters. The summed E-state index contributed by atoms with van der Waals surface area (Å²) in [5.74, 6) is 7.30.